The van der Waals surface area contributed by atoms with E-state index in [1.807, 2.05) is 24.3 Å². The van der Waals surface area contributed by atoms with Crippen molar-refractivity contribution in [2.24, 2.45) is 5.92 Å². The summed E-state index contributed by atoms with van der Waals surface area (Å²) in [5.41, 5.74) is 2.30. The highest BCUT2D eigenvalue weighted by Gasteiger charge is 2.27. The van der Waals surface area contributed by atoms with Crippen LogP contribution in [-0.4, -0.2) is 36.1 Å². The Hall–Kier alpha value is -3.06. The number of benzene rings is 2. The molecule has 1 aliphatic rings. The molecule has 2 aromatic carbocycles. The SMILES string of the molecule is COc1ccc(CNC(=O)C2CCN(c3nccnc3Sc3ccc(C)cc3)CC2)cc1. The van der Waals surface area contributed by atoms with Crippen LogP contribution in [0.15, 0.2) is 70.8 Å². The third-order valence-electron chi connectivity index (χ3n) is 5.67. The highest BCUT2D eigenvalue weighted by Crippen LogP contribution is 2.34. The summed E-state index contributed by atoms with van der Waals surface area (Å²) in [4.78, 5) is 25.3. The fourth-order valence-electron chi connectivity index (χ4n) is 3.76. The Balaban J connectivity index is 1.32. The van der Waals surface area contributed by atoms with Crippen LogP contribution in [0.3, 0.4) is 0 Å². The van der Waals surface area contributed by atoms with Crippen molar-refractivity contribution in [3.8, 4) is 5.75 Å². The number of amides is 1. The molecule has 166 valence electrons. The second-order valence-electron chi connectivity index (χ2n) is 7.93. The summed E-state index contributed by atoms with van der Waals surface area (Å²) in [6.45, 7) is 4.20. The normalized spacial score (nSPS) is 14.2. The number of nitrogens with zero attached hydrogens (tertiary/aromatic N) is 3. The molecule has 1 aromatic heterocycles. The number of aromatic nitrogens is 2. The molecule has 0 atom stereocenters. The van der Waals surface area contributed by atoms with E-state index in [0.29, 0.717) is 6.54 Å². The number of hydrogen-bond donors (Lipinski definition) is 1. The molecule has 1 N–H and O–H groups in total. The Morgan fingerprint density at radius 1 is 1.06 bits per heavy atom. The summed E-state index contributed by atoms with van der Waals surface area (Å²) in [6.07, 6.45) is 5.08. The molecule has 1 fully saturated rings. The molecule has 4 rings (SSSR count). The zero-order chi connectivity index (χ0) is 22.3. The number of aryl methyl sites for hydroxylation is 1. The van der Waals surface area contributed by atoms with Crippen LogP contribution in [0.25, 0.3) is 0 Å². The van der Waals surface area contributed by atoms with Gasteiger partial charge in [-0.3, -0.25) is 4.79 Å². The average molecular weight is 449 g/mol. The first-order valence-corrected chi connectivity index (χ1v) is 11.6. The maximum Gasteiger partial charge on any atom is 0.223 e. The van der Waals surface area contributed by atoms with Gasteiger partial charge < -0.3 is 15.0 Å². The average Bonchev–Trinajstić information content (AvgIpc) is 2.85. The third kappa shape index (κ3) is 5.59. The highest BCUT2D eigenvalue weighted by atomic mass is 32.2. The van der Waals surface area contributed by atoms with Gasteiger partial charge in [-0.2, -0.15) is 0 Å². The largest absolute Gasteiger partial charge is 0.497 e. The number of carbonyl (C=O) groups excluding carboxylic acids is 1. The van der Waals surface area contributed by atoms with Crippen molar-refractivity contribution in [3.05, 3.63) is 72.1 Å². The smallest absolute Gasteiger partial charge is 0.223 e. The molecule has 0 radical (unpaired) electrons. The van der Waals surface area contributed by atoms with E-state index in [-0.39, 0.29) is 11.8 Å². The molecular formula is C25H28N4O2S. The molecule has 0 unspecified atom stereocenters. The van der Waals surface area contributed by atoms with Crippen LogP contribution in [0, 0.1) is 12.8 Å². The van der Waals surface area contributed by atoms with E-state index in [1.54, 1.807) is 31.3 Å². The zero-order valence-corrected chi connectivity index (χ0v) is 19.3. The summed E-state index contributed by atoms with van der Waals surface area (Å²) in [5, 5.41) is 3.98. The van der Waals surface area contributed by atoms with Gasteiger partial charge in [0.05, 0.1) is 7.11 Å². The molecule has 1 saturated heterocycles. The summed E-state index contributed by atoms with van der Waals surface area (Å²) in [5.74, 6) is 1.86. The molecule has 0 saturated carbocycles. The van der Waals surface area contributed by atoms with Crippen molar-refractivity contribution >= 4 is 23.5 Å². The predicted octanol–water partition coefficient (Wildman–Crippen LogP) is 4.48. The summed E-state index contributed by atoms with van der Waals surface area (Å²) in [7, 11) is 1.65. The maximum atomic E-state index is 12.7. The lowest BCUT2D eigenvalue weighted by Gasteiger charge is -2.32. The van der Waals surface area contributed by atoms with Gasteiger partial charge in [0.2, 0.25) is 5.91 Å². The minimum Gasteiger partial charge on any atom is -0.497 e. The molecule has 32 heavy (non-hydrogen) atoms. The van der Waals surface area contributed by atoms with Gasteiger partial charge in [0.25, 0.3) is 0 Å². The number of ether oxygens (including phenoxy) is 1. The number of anilines is 1. The summed E-state index contributed by atoms with van der Waals surface area (Å²) in [6, 6.07) is 16.2. The lowest BCUT2D eigenvalue weighted by Crippen LogP contribution is -2.41. The van der Waals surface area contributed by atoms with Crippen molar-refractivity contribution in [2.45, 2.75) is 36.2 Å². The first-order valence-electron chi connectivity index (χ1n) is 10.8. The number of carbonyl (C=O) groups is 1. The van der Waals surface area contributed by atoms with E-state index in [2.05, 4.69) is 51.4 Å². The number of methoxy groups -OCH3 is 1. The number of hydrogen-bond acceptors (Lipinski definition) is 6. The summed E-state index contributed by atoms with van der Waals surface area (Å²) >= 11 is 1.63. The fraction of sp³-hybridized carbons (Fsp3) is 0.320. The number of rotatable bonds is 7. The van der Waals surface area contributed by atoms with Gasteiger partial charge in [0, 0.05) is 42.8 Å². The van der Waals surface area contributed by atoms with Crippen LogP contribution in [-0.2, 0) is 11.3 Å². The molecule has 0 spiro atoms. The molecule has 0 aliphatic carbocycles. The van der Waals surface area contributed by atoms with Crippen LogP contribution in [0.4, 0.5) is 5.82 Å². The van der Waals surface area contributed by atoms with Crippen LogP contribution >= 0.6 is 11.8 Å². The second-order valence-corrected chi connectivity index (χ2v) is 8.99. The highest BCUT2D eigenvalue weighted by molar-refractivity contribution is 7.99. The van der Waals surface area contributed by atoms with Crippen LogP contribution < -0.4 is 15.0 Å². The third-order valence-corrected chi connectivity index (χ3v) is 6.66. The standard InChI is InChI=1S/C25H28N4O2S/c1-18-3-9-22(10-4-18)32-25-23(26-13-14-27-25)29-15-11-20(12-16-29)24(30)28-17-19-5-7-21(31-2)8-6-19/h3-10,13-14,20H,11-12,15-17H2,1-2H3,(H,28,30). The first-order chi connectivity index (χ1) is 15.6. The Labute approximate surface area is 193 Å². The topological polar surface area (TPSA) is 67.3 Å². The fourth-order valence-corrected chi connectivity index (χ4v) is 4.64. The van der Waals surface area contributed by atoms with E-state index in [4.69, 9.17) is 4.74 Å². The van der Waals surface area contributed by atoms with E-state index >= 15 is 0 Å². The van der Waals surface area contributed by atoms with Gasteiger partial charge >= 0.3 is 0 Å². The van der Waals surface area contributed by atoms with E-state index in [9.17, 15) is 4.79 Å². The Morgan fingerprint density at radius 3 is 2.44 bits per heavy atom. The molecule has 1 amide bonds. The molecule has 2 heterocycles. The zero-order valence-electron chi connectivity index (χ0n) is 18.5. The van der Waals surface area contributed by atoms with Crippen molar-refractivity contribution in [1.82, 2.24) is 15.3 Å². The van der Waals surface area contributed by atoms with Gasteiger partial charge in [-0.1, -0.05) is 41.6 Å². The lowest BCUT2D eigenvalue weighted by atomic mass is 9.96. The minimum absolute atomic E-state index is 0.0226. The monoisotopic (exact) mass is 448 g/mol. The van der Waals surface area contributed by atoms with Gasteiger partial charge in [0.1, 0.15) is 10.8 Å². The second kappa shape index (κ2) is 10.5. The van der Waals surface area contributed by atoms with E-state index in [0.717, 1.165) is 53.0 Å². The summed E-state index contributed by atoms with van der Waals surface area (Å²) < 4.78 is 5.18. The molecule has 6 nitrogen and oxygen atoms in total. The first kappa shape index (κ1) is 22.1. The Kier molecular flexibility index (Phi) is 7.27. The van der Waals surface area contributed by atoms with Crippen molar-refractivity contribution in [2.75, 3.05) is 25.1 Å². The van der Waals surface area contributed by atoms with Crippen LogP contribution in [0.5, 0.6) is 5.75 Å². The molecule has 1 aliphatic heterocycles. The van der Waals surface area contributed by atoms with Crippen molar-refractivity contribution in [3.63, 3.8) is 0 Å². The molecule has 3 aromatic rings. The van der Waals surface area contributed by atoms with Gasteiger partial charge in [0.15, 0.2) is 5.82 Å². The van der Waals surface area contributed by atoms with E-state index in [1.165, 1.54) is 5.56 Å². The Bertz CT molecular complexity index is 1030. The molecular weight excluding hydrogens is 420 g/mol. The quantitative estimate of drug-likeness (QED) is 0.575. The van der Waals surface area contributed by atoms with Gasteiger partial charge in [-0.15, -0.1) is 0 Å². The van der Waals surface area contributed by atoms with Gasteiger partial charge in [-0.25, -0.2) is 9.97 Å². The lowest BCUT2D eigenvalue weighted by molar-refractivity contribution is -0.125. The number of piperidine rings is 1. The van der Waals surface area contributed by atoms with Crippen molar-refractivity contribution < 1.29 is 9.53 Å². The molecule has 0 bridgehead atoms. The number of nitrogens with one attached hydrogen (secondary N) is 1. The molecule has 7 heteroatoms. The van der Waals surface area contributed by atoms with E-state index < -0.39 is 0 Å². The van der Waals surface area contributed by atoms with Crippen molar-refractivity contribution in [1.29, 1.82) is 0 Å². The van der Waals surface area contributed by atoms with Gasteiger partial charge in [-0.05, 0) is 49.6 Å². The predicted molar refractivity (Wildman–Crippen MR) is 127 cm³/mol. The maximum absolute atomic E-state index is 12.7. The van der Waals surface area contributed by atoms with Crippen LogP contribution in [0.1, 0.15) is 24.0 Å². The Morgan fingerprint density at radius 2 is 1.75 bits per heavy atom. The minimum atomic E-state index is 0.0226. The van der Waals surface area contributed by atoms with Crippen LogP contribution in [0.2, 0.25) is 0 Å².